The Morgan fingerprint density at radius 1 is 1.64 bits per heavy atom. The number of aromatic nitrogens is 1. The Balaban J connectivity index is 3.22. The van der Waals surface area contributed by atoms with Crippen LogP contribution in [0.15, 0.2) is 6.07 Å². The molecule has 0 atom stereocenters. The average Bonchev–Trinajstić information content (AvgIpc) is 2.12. The summed E-state index contributed by atoms with van der Waals surface area (Å²) in [6.45, 7) is 0. The molecule has 0 aliphatic heterocycles. The minimum Gasteiger partial charge on any atom is -0.505 e. The highest BCUT2D eigenvalue weighted by atomic mass is 35.5. The third-order valence-electron chi connectivity index (χ3n) is 1.51. The minimum atomic E-state index is -2.77. The van der Waals surface area contributed by atoms with Crippen LogP contribution in [0.1, 0.15) is 17.8 Å². The summed E-state index contributed by atoms with van der Waals surface area (Å²) in [6.07, 6.45) is -3.03. The largest absolute Gasteiger partial charge is 0.505 e. The first-order valence-electron chi connectivity index (χ1n) is 3.59. The highest BCUT2D eigenvalue weighted by molar-refractivity contribution is 6.32. The first-order chi connectivity index (χ1) is 6.56. The molecule has 0 saturated carbocycles. The summed E-state index contributed by atoms with van der Waals surface area (Å²) in [4.78, 5) is 3.42. The van der Waals surface area contributed by atoms with E-state index in [2.05, 4.69) is 4.98 Å². The van der Waals surface area contributed by atoms with Crippen molar-refractivity contribution in [1.29, 1.82) is 5.26 Å². The van der Waals surface area contributed by atoms with E-state index < -0.39 is 17.9 Å². The molecule has 74 valence electrons. The van der Waals surface area contributed by atoms with Crippen LogP contribution in [0.5, 0.6) is 5.75 Å². The molecule has 0 radical (unpaired) electrons. The van der Waals surface area contributed by atoms with Crippen LogP contribution in [0.3, 0.4) is 0 Å². The predicted octanol–water partition coefficient (Wildman–Crippen LogP) is 2.44. The predicted molar refractivity (Wildman–Crippen MR) is 45.2 cm³/mol. The molecule has 3 nitrogen and oxygen atoms in total. The maximum absolute atomic E-state index is 12.2. The molecule has 1 heterocycles. The summed E-state index contributed by atoms with van der Waals surface area (Å²) in [5.41, 5.74) is -0.673. The van der Waals surface area contributed by atoms with Gasteiger partial charge < -0.3 is 5.11 Å². The molecule has 14 heavy (non-hydrogen) atoms. The van der Waals surface area contributed by atoms with E-state index in [9.17, 15) is 13.9 Å². The van der Waals surface area contributed by atoms with Crippen LogP contribution in [0, 0.1) is 11.3 Å². The van der Waals surface area contributed by atoms with Crippen molar-refractivity contribution in [2.45, 2.75) is 12.8 Å². The van der Waals surface area contributed by atoms with Gasteiger partial charge in [0, 0.05) is 0 Å². The number of pyridine rings is 1. The van der Waals surface area contributed by atoms with E-state index >= 15 is 0 Å². The Morgan fingerprint density at radius 2 is 2.29 bits per heavy atom. The van der Waals surface area contributed by atoms with E-state index in [0.29, 0.717) is 0 Å². The Bertz CT molecular complexity index is 390. The molecule has 0 bridgehead atoms. The van der Waals surface area contributed by atoms with Crippen molar-refractivity contribution >= 4 is 11.6 Å². The second kappa shape index (κ2) is 4.20. The first kappa shape index (κ1) is 10.7. The molecule has 0 amide bonds. The van der Waals surface area contributed by atoms with Crippen LogP contribution in [-0.4, -0.2) is 10.1 Å². The lowest BCUT2D eigenvalue weighted by atomic mass is 10.2. The minimum absolute atomic E-state index is 0.129. The summed E-state index contributed by atoms with van der Waals surface area (Å²) in [6, 6.07) is 2.57. The maximum atomic E-state index is 12.2. The van der Waals surface area contributed by atoms with Gasteiger partial charge in [0.05, 0.1) is 23.2 Å². The Labute approximate surface area is 83.6 Å². The van der Waals surface area contributed by atoms with Crippen LogP contribution < -0.4 is 0 Å². The van der Waals surface area contributed by atoms with Gasteiger partial charge in [0.25, 0.3) is 6.43 Å². The van der Waals surface area contributed by atoms with E-state index in [4.69, 9.17) is 16.9 Å². The van der Waals surface area contributed by atoms with Gasteiger partial charge in [-0.25, -0.2) is 13.8 Å². The van der Waals surface area contributed by atoms with Gasteiger partial charge in [0.2, 0.25) is 0 Å². The highest BCUT2D eigenvalue weighted by Gasteiger charge is 2.15. The van der Waals surface area contributed by atoms with Gasteiger partial charge in [-0.3, -0.25) is 0 Å². The van der Waals surface area contributed by atoms with Crippen LogP contribution in [-0.2, 0) is 6.42 Å². The number of hydrogen-bond acceptors (Lipinski definition) is 3. The Morgan fingerprint density at radius 3 is 2.79 bits per heavy atom. The van der Waals surface area contributed by atoms with Gasteiger partial charge in [-0.1, -0.05) is 11.6 Å². The maximum Gasteiger partial charge on any atom is 0.280 e. The van der Waals surface area contributed by atoms with Crippen molar-refractivity contribution in [3.63, 3.8) is 0 Å². The average molecular weight is 219 g/mol. The molecule has 0 saturated heterocycles. The SMILES string of the molecule is N#CCc1nc(C(F)F)cc(Cl)c1O. The second-order valence-corrected chi connectivity index (χ2v) is 2.87. The number of rotatable bonds is 2. The standard InChI is InChI=1S/C8H5ClF2N2O/c9-4-3-6(8(10)11)13-5(1-2-12)7(4)14/h3,8,14H,1H2. The molecule has 0 aliphatic carbocycles. The fourth-order valence-electron chi connectivity index (χ4n) is 0.887. The molecular weight excluding hydrogens is 214 g/mol. The van der Waals surface area contributed by atoms with Gasteiger partial charge >= 0.3 is 0 Å². The molecule has 0 unspecified atom stereocenters. The summed E-state index contributed by atoms with van der Waals surface area (Å²) in [5, 5.41) is 17.4. The normalized spacial score (nSPS) is 10.2. The highest BCUT2D eigenvalue weighted by Crippen LogP contribution is 2.30. The van der Waals surface area contributed by atoms with E-state index in [-0.39, 0.29) is 17.1 Å². The molecule has 1 aromatic rings. The van der Waals surface area contributed by atoms with E-state index in [1.165, 1.54) is 0 Å². The zero-order valence-corrected chi connectivity index (χ0v) is 7.59. The Hall–Kier alpha value is -1.41. The topological polar surface area (TPSA) is 56.9 Å². The fourth-order valence-corrected chi connectivity index (χ4v) is 1.11. The van der Waals surface area contributed by atoms with Crippen molar-refractivity contribution in [3.8, 4) is 11.8 Å². The quantitative estimate of drug-likeness (QED) is 0.830. The van der Waals surface area contributed by atoms with Crippen molar-refractivity contribution in [1.82, 2.24) is 4.98 Å². The summed E-state index contributed by atoms with van der Waals surface area (Å²) >= 11 is 5.47. The molecule has 1 N–H and O–H groups in total. The monoisotopic (exact) mass is 218 g/mol. The zero-order chi connectivity index (χ0) is 10.7. The number of nitrogens with zero attached hydrogens (tertiary/aromatic N) is 2. The van der Waals surface area contributed by atoms with Gasteiger partial charge in [0.1, 0.15) is 5.69 Å². The number of nitriles is 1. The fraction of sp³-hybridized carbons (Fsp3) is 0.250. The zero-order valence-electron chi connectivity index (χ0n) is 6.84. The summed E-state index contributed by atoms with van der Waals surface area (Å²) < 4.78 is 24.4. The van der Waals surface area contributed by atoms with Crippen LogP contribution >= 0.6 is 11.6 Å². The molecule has 0 aliphatic rings. The third kappa shape index (κ3) is 2.09. The lowest BCUT2D eigenvalue weighted by Gasteiger charge is -2.05. The van der Waals surface area contributed by atoms with Gasteiger partial charge in [-0.15, -0.1) is 0 Å². The van der Waals surface area contributed by atoms with Crippen molar-refractivity contribution in [2.24, 2.45) is 0 Å². The molecule has 6 heteroatoms. The summed E-state index contributed by atoms with van der Waals surface area (Å²) in [5.74, 6) is -0.419. The van der Waals surface area contributed by atoms with Gasteiger partial charge in [-0.05, 0) is 6.07 Å². The number of halogens is 3. The van der Waals surface area contributed by atoms with Crippen LogP contribution in [0.4, 0.5) is 8.78 Å². The van der Waals surface area contributed by atoms with Gasteiger partial charge in [-0.2, -0.15) is 5.26 Å². The van der Waals surface area contributed by atoms with Crippen molar-refractivity contribution < 1.29 is 13.9 Å². The number of alkyl halides is 2. The van der Waals surface area contributed by atoms with Gasteiger partial charge in [0.15, 0.2) is 5.75 Å². The first-order valence-corrected chi connectivity index (χ1v) is 3.97. The van der Waals surface area contributed by atoms with Crippen LogP contribution in [0.25, 0.3) is 0 Å². The smallest absolute Gasteiger partial charge is 0.280 e. The van der Waals surface area contributed by atoms with E-state index in [1.807, 2.05) is 0 Å². The lowest BCUT2D eigenvalue weighted by molar-refractivity contribution is 0.145. The number of hydrogen-bond donors (Lipinski definition) is 1. The van der Waals surface area contributed by atoms with E-state index in [1.54, 1.807) is 6.07 Å². The second-order valence-electron chi connectivity index (χ2n) is 2.46. The van der Waals surface area contributed by atoms with Crippen molar-refractivity contribution in [2.75, 3.05) is 0 Å². The van der Waals surface area contributed by atoms with Crippen molar-refractivity contribution in [3.05, 3.63) is 22.5 Å². The molecule has 0 fully saturated rings. The Kier molecular flexibility index (Phi) is 3.20. The molecule has 0 aromatic carbocycles. The summed E-state index contributed by atoms with van der Waals surface area (Å²) in [7, 11) is 0. The molecule has 0 spiro atoms. The third-order valence-corrected chi connectivity index (χ3v) is 1.80. The van der Waals surface area contributed by atoms with E-state index in [0.717, 1.165) is 6.07 Å². The molecular formula is C8H5ClF2N2O. The van der Waals surface area contributed by atoms with Crippen LogP contribution in [0.2, 0.25) is 5.02 Å². The lowest BCUT2D eigenvalue weighted by Crippen LogP contribution is -1.96. The number of aromatic hydroxyl groups is 1. The molecule has 1 aromatic heterocycles. The molecule has 1 rings (SSSR count).